The van der Waals surface area contributed by atoms with Crippen molar-refractivity contribution in [1.82, 2.24) is 14.8 Å². The monoisotopic (exact) mass is 281 g/mol. The molecule has 4 aromatic rings. The standard InChI is InChI=1S/C15H11N3OS/c20-15-18(13-6-1-2-7-14(13)19-15)9-10-4-3-5-12-11(10)8-16-17-12/h1-8H,9H2,(H,16,17). The van der Waals surface area contributed by atoms with E-state index in [1.165, 1.54) is 5.56 Å². The van der Waals surface area contributed by atoms with Gasteiger partial charge in [0, 0.05) is 5.39 Å². The zero-order valence-corrected chi connectivity index (χ0v) is 11.4. The number of benzene rings is 2. The molecule has 2 aromatic heterocycles. The molecule has 2 aromatic carbocycles. The van der Waals surface area contributed by atoms with Gasteiger partial charge < -0.3 is 4.42 Å². The Morgan fingerprint density at radius 1 is 1.15 bits per heavy atom. The number of para-hydroxylation sites is 2. The average molecular weight is 281 g/mol. The van der Waals surface area contributed by atoms with Gasteiger partial charge in [0.25, 0.3) is 4.84 Å². The first-order valence-corrected chi connectivity index (χ1v) is 6.73. The summed E-state index contributed by atoms with van der Waals surface area (Å²) in [6.07, 6.45) is 1.84. The van der Waals surface area contributed by atoms with Crippen molar-refractivity contribution in [2.75, 3.05) is 0 Å². The van der Waals surface area contributed by atoms with E-state index < -0.39 is 0 Å². The first kappa shape index (κ1) is 11.4. The maximum Gasteiger partial charge on any atom is 0.269 e. The predicted molar refractivity (Wildman–Crippen MR) is 80.2 cm³/mol. The van der Waals surface area contributed by atoms with E-state index in [2.05, 4.69) is 16.3 Å². The normalized spacial score (nSPS) is 11.4. The quantitative estimate of drug-likeness (QED) is 0.567. The topological polar surface area (TPSA) is 46.8 Å². The predicted octanol–water partition coefficient (Wildman–Crippen LogP) is 3.89. The highest BCUT2D eigenvalue weighted by Gasteiger charge is 2.09. The van der Waals surface area contributed by atoms with E-state index in [4.69, 9.17) is 16.6 Å². The summed E-state index contributed by atoms with van der Waals surface area (Å²) < 4.78 is 7.63. The van der Waals surface area contributed by atoms with Crippen molar-refractivity contribution in [3.8, 4) is 0 Å². The van der Waals surface area contributed by atoms with E-state index in [9.17, 15) is 0 Å². The Balaban J connectivity index is 1.91. The number of fused-ring (bicyclic) bond motifs is 2. The van der Waals surface area contributed by atoms with Crippen molar-refractivity contribution in [3.05, 3.63) is 59.1 Å². The number of H-pyrrole nitrogens is 1. The maximum absolute atomic E-state index is 5.62. The molecule has 4 nitrogen and oxygen atoms in total. The van der Waals surface area contributed by atoms with E-state index in [1.54, 1.807) is 0 Å². The second kappa shape index (κ2) is 4.31. The van der Waals surface area contributed by atoms with Crippen LogP contribution < -0.4 is 0 Å². The van der Waals surface area contributed by atoms with Crippen molar-refractivity contribution < 1.29 is 4.42 Å². The number of nitrogens with zero attached hydrogens (tertiary/aromatic N) is 2. The van der Waals surface area contributed by atoms with E-state index in [-0.39, 0.29) is 0 Å². The lowest BCUT2D eigenvalue weighted by atomic mass is 10.1. The van der Waals surface area contributed by atoms with Crippen molar-refractivity contribution in [3.63, 3.8) is 0 Å². The van der Waals surface area contributed by atoms with Crippen LogP contribution in [-0.2, 0) is 6.54 Å². The first-order chi connectivity index (χ1) is 9.83. The van der Waals surface area contributed by atoms with E-state index in [0.717, 1.165) is 22.0 Å². The molecular weight excluding hydrogens is 270 g/mol. The SMILES string of the molecule is S=c1oc2ccccc2n1Cc1cccc2[nH]ncc12. The lowest BCUT2D eigenvalue weighted by Crippen LogP contribution is -1.99. The fourth-order valence-electron chi connectivity index (χ4n) is 2.50. The molecule has 4 rings (SSSR count). The van der Waals surface area contributed by atoms with Crippen LogP contribution in [0.25, 0.3) is 22.0 Å². The fourth-order valence-corrected chi connectivity index (χ4v) is 2.75. The van der Waals surface area contributed by atoms with Gasteiger partial charge in [0.1, 0.15) is 0 Å². The molecule has 5 heteroatoms. The Hall–Kier alpha value is -2.40. The van der Waals surface area contributed by atoms with E-state index in [0.29, 0.717) is 11.4 Å². The van der Waals surface area contributed by atoms with E-state index >= 15 is 0 Å². The summed E-state index contributed by atoms with van der Waals surface area (Å²) >= 11 is 5.33. The number of hydrogen-bond donors (Lipinski definition) is 1. The zero-order chi connectivity index (χ0) is 13.5. The molecule has 0 amide bonds. The summed E-state index contributed by atoms with van der Waals surface area (Å²) in [5.41, 5.74) is 4.02. The highest BCUT2D eigenvalue weighted by atomic mass is 32.1. The van der Waals surface area contributed by atoms with Gasteiger partial charge >= 0.3 is 0 Å². The Morgan fingerprint density at radius 2 is 2.05 bits per heavy atom. The number of hydrogen-bond acceptors (Lipinski definition) is 3. The highest BCUT2D eigenvalue weighted by Crippen LogP contribution is 2.22. The molecule has 98 valence electrons. The minimum absolute atomic E-state index is 0.492. The molecular formula is C15H11N3OS. The number of aromatic amines is 1. The van der Waals surface area contributed by atoms with E-state index in [1.807, 2.05) is 47.2 Å². The molecule has 0 spiro atoms. The van der Waals surface area contributed by atoms with Gasteiger partial charge in [0.05, 0.1) is 23.8 Å². The number of aromatic nitrogens is 3. The lowest BCUT2D eigenvalue weighted by Gasteiger charge is -2.05. The molecule has 0 atom stereocenters. The molecule has 1 N–H and O–H groups in total. The number of nitrogens with one attached hydrogen (secondary N) is 1. The third-order valence-corrected chi connectivity index (χ3v) is 3.78. The number of rotatable bonds is 2. The molecule has 0 fully saturated rings. The Bertz CT molecular complexity index is 964. The second-order valence-corrected chi connectivity index (χ2v) is 5.02. The summed E-state index contributed by atoms with van der Waals surface area (Å²) in [5.74, 6) is 0. The molecule has 0 bridgehead atoms. The van der Waals surface area contributed by atoms with Crippen molar-refractivity contribution in [2.45, 2.75) is 6.54 Å². The van der Waals surface area contributed by atoms with Crippen molar-refractivity contribution in [2.24, 2.45) is 0 Å². The first-order valence-electron chi connectivity index (χ1n) is 6.32. The van der Waals surface area contributed by atoms with Crippen LogP contribution >= 0.6 is 12.2 Å². The molecule has 0 saturated carbocycles. The third-order valence-electron chi connectivity index (χ3n) is 3.48. The largest absolute Gasteiger partial charge is 0.429 e. The van der Waals surface area contributed by atoms with Gasteiger partial charge in [-0.15, -0.1) is 0 Å². The Labute approximate surface area is 119 Å². The van der Waals surface area contributed by atoms with Crippen LogP contribution in [0.3, 0.4) is 0 Å². The minimum Gasteiger partial charge on any atom is -0.429 e. The third kappa shape index (κ3) is 1.67. The summed E-state index contributed by atoms with van der Waals surface area (Å²) in [6.45, 7) is 0.673. The average Bonchev–Trinajstić information content (AvgIpc) is 3.05. The molecule has 0 saturated heterocycles. The lowest BCUT2D eigenvalue weighted by molar-refractivity contribution is 0.549. The van der Waals surface area contributed by atoms with Gasteiger partial charge in [-0.3, -0.25) is 9.67 Å². The van der Waals surface area contributed by atoms with Crippen LogP contribution in [0, 0.1) is 4.84 Å². The fraction of sp³-hybridized carbons (Fsp3) is 0.0667. The van der Waals surface area contributed by atoms with Gasteiger partial charge in [0.15, 0.2) is 5.58 Å². The van der Waals surface area contributed by atoms with Crippen LogP contribution in [0.5, 0.6) is 0 Å². The smallest absolute Gasteiger partial charge is 0.269 e. The molecule has 0 aliphatic carbocycles. The second-order valence-electron chi connectivity index (χ2n) is 4.67. The van der Waals surface area contributed by atoms with Crippen molar-refractivity contribution in [1.29, 1.82) is 0 Å². The summed E-state index contributed by atoms with van der Waals surface area (Å²) in [5, 5.41) is 8.19. The van der Waals surface area contributed by atoms with Crippen LogP contribution in [0.15, 0.2) is 53.1 Å². The Kier molecular flexibility index (Phi) is 2.47. The summed E-state index contributed by atoms with van der Waals surface area (Å²) in [6, 6.07) is 14.0. The van der Waals surface area contributed by atoms with Gasteiger partial charge in [-0.05, 0) is 36.0 Å². The molecule has 0 unspecified atom stereocenters. The van der Waals surface area contributed by atoms with Crippen LogP contribution in [-0.4, -0.2) is 14.8 Å². The molecule has 2 heterocycles. The van der Waals surface area contributed by atoms with Gasteiger partial charge in [-0.1, -0.05) is 24.3 Å². The Morgan fingerprint density at radius 3 is 3.00 bits per heavy atom. The highest BCUT2D eigenvalue weighted by molar-refractivity contribution is 7.71. The van der Waals surface area contributed by atoms with Crippen LogP contribution in [0.2, 0.25) is 0 Å². The van der Waals surface area contributed by atoms with Gasteiger partial charge in [-0.25, -0.2) is 0 Å². The molecule has 20 heavy (non-hydrogen) atoms. The van der Waals surface area contributed by atoms with Crippen molar-refractivity contribution >= 4 is 34.2 Å². The van der Waals surface area contributed by atoms with Gasteiger partial charge in [0.2, 0.25) is 0 Å². The van der Waals surface area contributed by atoms with Gasteiger partial charge in [-0.2, -0.15) is 5.10 Å². The zero-order valence-electron chi connectivity index (χ0n) is 10.5. The van der Waals surface area contributed by atoms with Crippen LogP contribution in [0.1, 0.15) is 5.56 Å². The summed E-state index contributed by atoms with van der Waals surface area (Å²) in [4.78, 5) is 0.492. The van der Waals surface area contributed by atoms with Crippen LogP contribution in [0.4, 0.5) is 0 Å². The minimum atomic E-state index is 0.492. The maximum atomic E-state index is 5.62. The molecule has 0 aliphatic heterocycles. The molecule has 0 aliphatic rings. The molecule has 0 radical (unpaired) electrons. The number of oxazole rings is 1. The summed E-state index contributed by atoms with van der Waals surface area (Å²) in [7, 11) is 0.